The Labute approximate surface area is 108 Å². The molecule has 0 aliphatic carbocycles. The summed E-state index contributed by atoms with van der Waals surface area (Å²) in [5.74, 6) is -0.581. The van der Waals surface area contributed by atoms with Crippen LogP contribution in [0.4, 0.5) is 0 Å². The maximum Gasteiger partial charge on any atom is 0.308 e. The molecule has 2 atom stereocenters. The second-order valence-corrected chi connectivity index (χ2v) is 4.57. The van der Waals surface area contributed by atoms with Gasteiger partial charge in [0.05, 0.1) is 13.0 Å². The van der Waals surface area contributed by atoms with Gasteiger partial charge in [-0.1, -0.05) is 19.1 Å². The first kappa shape index (κ1) is 14.5. The number of methoxy groups -OCH3 is 1. The first-order valence-electron chi connectivity index (χ1n) is 6.05. The summed E-state index contributed by atoms with van der Waals surface area (Å²) in [4.78, 5) is 11.1. The van der Waals surface area contributed by atoms with Crippen LogP contribution in [0.2, 0.25) is 0 Å². The van der Waals surface area contributed by atoms with E-state index in [4.69, 9.17) is 15.6 Å². The van der Waals surface area contributed by atoms with Gasteiger partial charge in [-0.05, 0) is 37.0 Å². The van der Waals surface area contributed by atoms with Gasteiger partial charge in [0, 0.05) is 6.04 Å². The number of aliphatic carboxylic acids is 1. The van der Waals surface area contributed by atoms with Crippen molar-refractivity contribution in [1.82, 2.24) is 0 Å². The van der Waals surface area contributed by atoms with E-state index in [1.54, 1.807) is 7.11 Å². The summed E-state index contributed by atoms with van der Waals surface area (Å²) in [6.45, 7) is 5.70. The number of hydrogen-bond donors (Lipinski definition) is 2. The first-order chi connectivity index (χ1) is 8.42. The minimum Gasteiger partial charge on any atom is -0.496 e. The Morgan fingerprint density at radius 3 is 2.22 bits per heavy atom. The molecule has 2 unspecified atom stereocenters. The van der Waals surface area contributed by atoms with E-state index in [2.05, 4.69) is 0 Å². The molecule has 0 heterocycles. The number of ether oxygens (including phenoxy) is 1. The van der Waals surface area contributed by atoms with Crippen molar-refractivity contribution in [2.75, 3.05) is 7.11 Å². The predicted molar refractivity (Wildman–Crippen MR) is 70.8 cm³/mol. The molecule has 4 heteroatoms. The number of benzene rings is 1. The fourth-order valence-corrected chi connectivity index (χ4v) is 2.31. The van der Waals surface area contributed by atoms with E-state index < -0.39 is 17.9 Å². The van der Waals surface area contributed by atoms with Gasteiger partial charge in [-0.25, -0.2) is 0 Å². The number of carboxylic acid groups (broad SMARTS) is 1. The Balaban J connectivity index is 3.14. The number of carbonyl (C=O) groups is 1. The molecular weight excluding hydrogens is 230 g/mol. The molecule has 0 aliphatic rings. The fraction of sp³-hybridized carbons (Fsp3) is 0.500. The van der Waals surface area contributed by atoms with Crippen molar-refractivity contribution in [3.05, 3.63) is 28.8 Å². The molecule has 1 aromatic carbocycles. The molecule has 1 rings (SSSR count). The third kappa shape index (κ3) is 2.82. The summed E-state index contributed by atoms with van der Waals surface area (Å²) >= 11 is 0. The quantitative estimate of drug-likeness (QED) is 0.843. The smallest absolute Gasteiger partial charge is 0.308 e. The van der Waals surface area contributed by atoms with E-state index in [1.165, 1.54) is 0 Å². The molecule has 0 aromatic heterocycles. The van der Waals surface area contributed by atoms with Crippen LogP contribution in [0.5, 0.6) is 5.75 Å². The largest absolute Gasteiger partial charge is 0.496 e. The minimum absolute atomic E-state index is 0.490. The lowest BCUT2D eigenvalue weighted by molar-refractivity contribution is -0.142. The topological polar surface area (TPSA) is 72.5 Å². The third-order valence-corrected chi connectivity index (χ3v) is 3.26. The van der Waals surface area contributed by atoms with E-state index in [1.807, 2.05) is 32.9 Å². The molecule has 1 aromatic rings. The van der Waals surface area contributed by atoms with Crippen LogP contribution in [0.15, 0.2) is 12.1 Å². The second kappa shape index (κ2) is 5.87. The lowest BCUT2D eigenvalue weighted by Gasteiger charge is -2.21. The van der Waals surface area contributed by atoms with Crippen LogP contribution in [0, 0.1) is 19.8 Å². The van der Waals surface area contributed by atoms with Crippen molar-refractivity contribution in [3.8, 4) is 5.75 Å². The standard InChI is InChI=1S/C14H21NO3/c1-5-11(14(16)17)12(15)10-6-8(2)13(18-4)9(3)7-10/h6-7,11-12H,5,15H2,1-4H3,(H,16,17). The Morgan fingerprint density at radius 1 is 1.39 bits per heavy atom. The van der Waals surface area contributed by atoms with E-state index in [9.17, 15) is 4.79 Å². The second-order valence-electron chi connectivity index (χ2n) is 4.57. The van der Waals surface area contributed by atoms with Crippen molar-refractivity contribution < 1.29 is 14.6 Å². The summed E-state index contributed by atoms with van der Waals surface area (Å²) in [6.07, 6.45) is 0.515. The monoisotopic (exact) mass is 251 g/mol. The van der Waals surface area contributed by atoms with Crippen LogP contribution in [-0.2, 0) is 4.79 Å². The summed E-state index contributed by atoms with van der Waals surface area (Å²) in [7, 11) is 1.63. The van der Waals surface area contributed by atoms with Gasteiger partial charge in [0.25, 0.3) is 0 Å². The Hall–Kier alpha value is -1.55. The lowest BCUT2D eigenvalue weighted by atomic mass is 9.90. The third-order valence-electron chi connectivity index (χ3n) is 3.26. The van der Waals surface area contributed by atoms with Gasteiger partial charge in [-0.2, -0.15) is 0 Å². The highest BCUT2D eigenvalue weighted by atomic mass is 16.5. The van der Waals surface area contributed by atoms with Crippen molar-refractivity contribution >= 4 is 5.97 Å². The molecule has 0 saturated carbocycles. The van der Waals surface area contributed by atoms with Gasteiger partial charge in [0.15, 0.2) is 0 Å². The molecule has 0 amide bonds. The van der Waals surface area contributed by atoms with E-state index in [0.717, 1.165) is 22.4 Å². The highest BCUT2D eigenvalue weighted by Crippen LogP contribution is 2.30. The first-order valence-corrected chi connectivity index (χ1v) is 6.05. The molecule has 3 N–H and O–H groups in total. The van der Waals surface area contributed by atoms with Crippen molar-refractivity contribution in [3.63, 3.8) is 0 Å². The molecule has 0 fully saturated rings. The number of carboxylic acids is 1. The van der Waals surface area contributed by atoms with Crippen molar-refractivity contribution in [1.29, 1.82) is 0 Å². The summed E-state index contributed by atoms with van der Waals surface area (Å²) in [5.41, 5.74) is 8.86. The molecule has 18 heavy (non-hydrogen) atoms. The van der Waals surface area contributed by atoms with Gasteiger partial charge in [0.1, 0.15) is 5.75 Å². The molecular formula is C14H21NO3. The van der Waals surface area contributed by atoms with E-state index in [0.29, 0.717) is 6.42 Å². The van der Waals surface area contributed by atoms with Crippen LogP contribution < -0.4 is 10.5 Å². The van der Waals surface area contributed by atoms with Gasteiger partial charge in [0.2, 0.25) is 0 Å². The van der Waals surface area contributed by atoms with Gasteiger partial charge in [-0.15, -0.1) is 0 Å². The minimum atomic E-state index is -0.851. The normalized spacial score (nSPS) is 14.1. The summed E-state index contributed by atoms with van der Waals surface area (Å²) in [6, 6.07) is 3.32. The Morgan fingerprint density at radius 2 is 1.89 bits per heavy atom. The zero-order valence-electron chi connectivity index (χ0n) is 11.4. The van der Waals surface area contributed by atoms with Crippen molar-refractivity contribution in [2.45, 2.75) is 33.2 Å². The van der Waals surface area contributed by atoms with Crippen LogP contribution in [-0.4, -0.2) is 18.2 Å². The molecule has 0 radical (unpaired) electrons. The summed E-state index contributed by atoms with van der Waals surface area (Å²) < 4.78 is 5.29. The Kier molecular flexibility index (Phi) is 4.73. The molecule has 100 valence electrons. The Bertz CT molecular complexity index is 420. The molecule has 4 nitrogen and oxygen atoms in total. The molecule has 0 saturated heterocycles. The van der Waals surface area contributed by atoms with Crippen LogP contribution in [0.3, 0.4) is 0 Å². The number of aryl methyl sites for hydroxylation is 2. The van der Waals surface area contributed by atoms with E-state index in [-0.39, 0.29) is 0 Å². The predicted octanol–water partition coefficient (Wildman–Crippen LogP) is 2.42. The summed E-state index contributed by atoms with van der Waals surface area (Å²) in [5, 5.41) is 9.14. The van der Waals surface area contributed by atoms with Crippen LogP contribution in [0.25, 0.3) is 0 Å². The van der Waals surface area contributed by atoms with Gasteiger partial charge in [-0.3, -0.25) is 4.79 Å². The molecule has 0 bridgehead atoms. The van der Waals surface area contributed by atoms with Gasteiger partial charge >= 0.3 is 5.97 Å². The molecule has 0 aliphatic heterocycles. The SMILES string of the molecule is CCC(C(=O)O)C(N)c1cc(C)c(OC)c(C)c1. The fourth-order valence-electron chi connectivity index (χ4n) is 2.31. The zero-order chi connectivity index (χ0) is 13.9. The number of hydrogen-bond acceptors (Lipinski definition) is 3. The molecule has 0 spiro atoms. The zero-order valence-corrected chi connectivity index (χ0v) is 11.4. The maximum atomic E-state index is 11.1. The number of rotatable bonds is 5. The average molecular weight is 251 g/mol. The lowest BCUT2D eigenvalue weighted by Crippen LogP contribution is -2.27. The maximum absolute atomic E-state index is 11.1. The van der Waals surface area contributed by atoms with Crippen molar-refractivity contribution in [2.24, 2.45) is 11.7 Å². The van der Waals surface area contributed by atoms with Crippen LogP contribution >= 0.6 is 0 Å². The van der Waals surface area contributed by atoms with Crippen LogP contribution in [0.1, 0.15) is 36.1 Å². The average Bonchev–Trinajstić information content (AvgIpc) is 2.28. The highest BCUT2D eigenvalue weighted by molar-refractivity contribution is 5.71. The number of nitrogens with two attached hydrogens (primary N) is 1. The van der Waals surface area contributed by atoms with E-state index >= 15 is 0 Å². The highest BCUT2D eigenvalue weighted by Gasteiger charge is 2.25. The van der Waals surface area contributed by atoms with Gasteiger partial charge < -0.3 is 15.6 Å².